The Labute approximate surface area is 127 Å². The number of unbranched alkanes of at least 4 members (excludes halogenated alkanes) is 1. The second-order valence-electron chi connectivity index (χ2n) is 5.73. The van der Waals surface area contributed by atoms with Gasteiger partial charge in [-0.25, -0.2) is 13.1 Å². The number of aliphatic hydroxyl groups excluding tert-OH is 1. The fourth-order valence-electron chi connectivity index (χ4n) is 2.88. The predicted octanol–water partition coefficient (Wildman–Crippen LogP) is 2.79. The van der Waals surface area contributed by atoms with Crippen molar-refractivity contribution in [3.05, 3.63) is 29.8 Å². The van der Waals surface area contributed by atoms with Gasteiger partial charge in [0.1, 0.15) is 0 Å². The lowest BCUT2D eigenvalue weighted by Gasteiger charge is -2.22. The molecule has 1 aromatic rings. The van der Waals surface area contributed by atoms with E-state index in [0.29, 0.717) is 30.2 Å². The zero-order valence-electron chi connectivity index (χ0n) is 12.4. The van der Waals surface area contributed by atoms with E-state index >= 15 is 0 Å². The van der Waals surface area contributed by atoms with Crippen LogP contribution in [0.3, 0.4) is 0 Å². The maximum absolute atomic E-state index is 12.1. The summed E-state index contributed by atoms with van der Waals surface area (Å²) < 4.78 is 26.8. The van der Waals surface area contributed by atoms with Crippen molar-refractivity contribution in [3.63, 3.8) is 0 Å². The molecule has 1 fully saturated rings. The molecule has 0 aliphatic heterocycles. The van der Waals surface area contributed by atoms with Gasteiger partial charge in [-0.1, -0.05) is 31.4 Å². The van der Waals surface area contributed by atoms with Gasteiger partial charge in [0.2, 0.25) is 10.0 Å². The second kappa shape index (κ2) is 7.92. The molecule has 0 spiro atoms. The van der Waals surface area contributed by atoms with Gasteiger partial charge in [-0.05, 0) is 49.3 Å². The summed E-state index contributed by atoms with van der Waals surface area (Å²) >= 11 is 0. The van der Waals surface area contributed by atoms with E-state index in [-0.39, 0.29) is 6.61 Å². The maximum atomic E-state index is 12.1. The number of nitrogens with one attached hydrogen (secondary N) is 1. The number of hydrogen-bond donors (Lipinski definition) is 2. The van der Waals surface area contributed by atoms with Gasteiger partial charge < -0.3 is 5.11 Å². The van der Waals surface area contributed by atoms with E-state index in [0.717, 1.165) is 0 Å². The number of sulfonamides is 1. The van der Waals surface area contributed by atoms with Crippen LogP contribution in [0.2, 0.25) is 0 Å². The summed E-state index contributed by atoms with van der Waals surface area (Å²) in [5, 5.41) is 8.69. The Hall–Kier alpha value is -0.910. The van der Waals surface area contributed by atoms with Crippen LogP contribution in [0.25, 0.3) is 0 Å². The largest absolute Gasteiger partial charge is 0.396 e. The third-order valence-corrected chi connectivity index (χ3v) is 5.62. The quantitative estimate of drug-likeness (QED) is 0.761. The van der Waals surface area contributed by atoms with Gasteiger partial charge >= 0.3 is 0 Å². The molecule has 4 nitrogen and oxygen atoms in total. The molecule has 0 heterocycles. The summed E-state index contributed by atoms with van der Waals surface area (Å²) in [5.74, 6) is 0.591. The van der Waals surface area contributed by atoms with Crippen LogP contribution in [-0.2, 0) is 10.0 Å². The number of aliphatic hydroxyl groups is 1. The first kappa shape index (κ1) is 16.5. The van der Waals surface area contributed by atoms with Crippen molar-refractivity contribution in [1.82, 2.24) is 4.72 Å². The van der Waals surface area contributed by atoms with Crippen molar-refractivity contribution in [3.8, 4) is 0 Å². The summed E-state index contributed by atoms with van der Waals surface area (Å²) in [6.07, 6.45) is 7.56. The van der Waals surface area contributed by atoms with E-state index in [2.05, 4.69) is 4.72 Å². The van der Waals surface area contributed by atoms with E-state index in [9.17, 15) is 8.42 Å². The van der Waals surface area contributed by atoms with Gasteiger partial charge in [-0.2, -0.15) is 0 Å². The van der Waals surface area contributed by atoms with E-state index in [1.54, 1.807) is 12.1 Å². The van der Waals surface area contributed by atoms with Crippen LogP contribution in [0.5, 0.6) is 0 Å². The first-order valence-electron chi connectivity index (χ1n) is 7.84. The molecule has 2 N–H and O–H groups in total. The Morgan fingerprint density at radius 1 is 1.05 bits per heavy atom. The molecule has 0 unspecified atom stereocenters. The molecule has 5 heteroatoms. The van der Waals surface area contributed by atoms with Crippen molar-refractivity contribution in [2.45, 2.75) is 55.8 Å². The smallest absolute Gasteiger partial charge is 0.240 e. The fraction of sp³-hybridized carbons (Fsp3) is 0.625. The Balaban J connectivity index is 1.97. The molecule has 0 amide bonds. The highest BCUT2D eigenvalue weighted by Crippen LogP contribution is 2.32. The lowest BCUT2D eigenvalue weighted by atomic mass is 9.84. The molecular weight excluding hydrogens is 286 g/mol. The van der Waals surface area contributed by atoms with Crippen molar-refractivity contribution in [1.29, 1.82) is 0 Å². The Morgan fingerprint density at radius 3 is 2.33 bits per heavy atom. The lowest BCUT2D eigenvalue weighted by Crippen LogP contribution is -2.25. The molecule has 0 radical (unpaired) electrons. The molecule has 0 bridgehead atoms. The van der Waals surface area contributed by atoms with E-state index < -0.39 is 10.0 Å². The van der Waals surface area contributed by atoms with Crippen LogP contribution in [0.1, 0.15) is 56.4 Å². The summed E-state index contributed by atoms with van der Waals surface area (Å²) in [7, 11) is -3.42. The summed E-state index contributed by atoms with van der Waals surface area (Å²) in [5.41, 5.74) is 1.26. The van der Waals surface area contributed by atoms with Crippen molar-refractivity contribution in [2.24, 2.45) is 0 Å². The van der Waals surface area contributed by atoms with Crippen LogP contribution >= 0.6 is 0 Å². The molecule has 0 aromatic heterocycles. The molecule has 1 aromatic carbocycles. The first-order chi connectivity index (χ1) is 10.1. The van der Waals surface area contributed by atoms with Gasteiger partial charge in [-0.3, -0.25) is 0 Å². The predicted molar refractivity (Wildman–Crippen MR) is 83.8 cm³/mol. The van der Waals surface area contributed by atoms with E-state index in [4.69, 9.17) is 5.11 Å². The van der Waals surface area contributed by atoms with Crippen LogP contribution in [0.15, 0.2) is 29.2 Å². The highest BCUT2D eigenvalue weighted by molar-refractivity contribution is 7.89. The summed E-state index contributed by atoms with van der Waals surface area (Å²) in [4.78, 5) is 0.325. The molecule has 2 rings (SSSR count). The minimum absolute atomic E-state index is 0.0951. The summed E-state index contributed by atoms with van der Waals surface area (Å²) in [6, 6.07) is 7.33. The standard InChI is InChI=1S/C16H25NO3S/c18-13-5-4-12-17-21(19,20)16-10-8-15(9-11-16)14-6-2-1-3-7-14/h8-11,14,17-18H,1-7,12-13H2. The molecule has 1 aliphatic rings. The topological polar surface area (TPSA) is 66.4 Å². The van der Waals surface area contributed by atoms with Gasteiger partial charge in [0.15, 0.2) is 0 Å². The molecular formula is C16H25NO3S. The summed E-state index contributed by atoms with van der Waals surface area (Å²) in [6.45, 7) is 0.463. The monoisotopic (exact) mass is 311 g/mol. The average molecular weight is 311 g/mol. The van der Waals surface area contributed by atoms with Crippen LogP contribution in [0, 0.1) is 0 Å². The molecule has 118 valence electrons. The van der Waals surface area contributed by atoms with Crippen molar-refractivity contribution < 1.29 is 13.5 Å². The normalized spacial score (nSPS) is 17.0. The first-order valence-corrected chi connectivity index (χ1v) is 9.32. The third kappa shape index (κ3) is 4.80. The zero-order valence-corrected chi connectivity index (χ0v) is 13.2. The van der Waals surface area contributed by atoms with Gasteiger partial charge in [0, 0.05) is 13.2 Å². The van der Waals surface area contributed by atoms with Crippen molar-refractivity contribution >= 4 is 10.0 Å². The lowest BCUT2D eigenvalue weighted by molar-refractivity contribution is 0.285. The Bertz CT molecular complexity index is 519. The Kier molecular flexibility index (Phi) is 6.21. The van der Waals surface area contributed by atoms with E-state index in [1.165, 1.54) is 37.7 Å². The van der Waals surface area contributed by atoms with Crippen LogP contribution in [-0.4, -0.2) is 26.7 Å². The molecule has 21 heavy (non-hydrogen) atoms. The minimum atomic E-state index is -3.42. The van der Waals surface area contributed by atoms with Crippen LogP contribution in [0.4, 0.5) is 0 Å². The van der Waals surface area contributed by atoms with Gasteiger partial charge in [-0.15, -0.1) is 0 Å². The van der Waals surface area contributed by atoms with Crippen LogP contribution < -0.4 is 4.72 Å². The highest BCUT2D eigenvalue weighted by atomic mass is 32.2. The third-order valence-electron chi connectivity index (χ3n) is 4.14. The fourth-order valence-corrected chi connectivity index (χ4v) is 3.96. The minimum Gasteiger partial charge on any atom is -0.396 e. The van der Waals surface area contributed by atoms with Gasteiger partial charge in [0.05, 0.1) is 4.90 Å². The number of benzene rings is 1. The molecule has 0 atom stereocenters. The number of hydrogen-bond acceptors (Lipinski definition) is 3. The Morgan fingerprint density at radius 2 is 1.71 bits per heavy atom. The highest BCUT2D eigenvalue weighted by Gasteiger charge is 2.17. The average Bonchev–Trinajstić information content (AvgIpc) is 2.53. The van der Waals surface area contributed by atoms with Crippen molar-refractivity contribution in [2.75, 3.05) is 13.2 Å². The maximum Gasteiger partial charge on any atom is 0.240 e. The van der Waals surface area contributed by atoms with Gasteiger partial charge in [0.25, 0.3) is 0 Å². The second-order valence-corrected chi connectivity index (χ2v) is 7.50. The zero-order chi connectivity index (χ0) is 15.1. The van der Waals surface area contributed by atoms with E-state index in [1.807, 2.05) is 12.1 Å². The molecule has 1 aliphatic carbocycles. The SMILES string of the molecule is O=S(=O)(NCCCCO)c1ccc(C2CCCCC2)cc1. The molecule has 1 saturated carbocycles. The number of rotatable bonds is 7. The molecule has 0 saturated heterocycles.